The van der Waals surface area contributed by atoms with Crippen molar-refractivity contribution >= 4 is 11.5 Å². The first-order valence-corrected chi connectivity index (χ1v) is 8.03. The van der Waals surface area contributed by atoms with Crippen LogP contribution in [0.4, 0.5) is 0 Å². The van der Waals surface area contributed by atoms with Crippen LogP contribution in [0.3, 0.4) is 0 Å². The average Bonchev–Trinajstić information content (AvgIpc) is 2.60. The van der Waals surface area contributed by atoms with Crippen LogP contribution in [0, 0.1) is 17.2 Å². The number of Topliss-reactive ketones (excluding diaryl/α,β-unsaturated/α-hetero) is 1. The topological polar surface area (TPSA) is 71.7 Å². The fourth-order valence-corrected chi connectivity index (χ4v) is 3.59. The number of ether oxygens (including phenoxy) is 2. The zero-order valence-corrected chi connectivity index (χ0v) is 14.1. The van der Waals surface area contributed by atoms with Crippen LogP contribution in [-0.2, 0) is 4.79 Å². The maximum Gasteiger partial charge on any atom is 0.161 e. The van der Waals surface area contributed by atoms with Crippen molar-refractivity contribution in [3.63, 3.8) is 0 Å². The van der Waals surface area contributed by atoms with Crippen LogP contribution in [0.1, 0.15) is 37.7 Å². The molecule has 0 aromatic heterocycles. The van der Waals surface area contributed by atoms with E-state index < -0.39 is 5.92 Å². The molecular formula is C19H20N2O3. The first-order chi connectivity index (χ1) is 11.6. The summed E-state index contributed by atoms with van der Waals surface area (Å²) < 4.78 is 10.8. The molecule has 0 saturated heterocycles. The van der Waals surface area contributed by atoms with E-state index in [1.165, 1.54) is 0 Å². The van der Waals surface area contributed by atoms with Crippen LogP contribution in [0.5, 0.6) is 11.5 Å². The Bertz CT molecular complexity index is 786. The quantitative estimate of drug-likeness (QED) is 0.854. The first-order valence-electron chi connectivity index (χ1n) is 8.03. The Kier molecular flexibility index (Phi) is 4.39. The SMILES string of the molecule is COc1ccc(OC)c([C@@H]2C3=C(CCCC3=O)N=C(C)C2C#N)c1. The molecule has 5 heteroatoms. The number of allylic oxidation sites excluding steroid dienone is 2. The number of methoxy groups -OCH3 is 2. The lowest BCUT2D eigenvalue weighted by molar-refractivity contribution is -0.116. The Morgan fingerprint density at radius 1 is 1.25 bits per heavy atom. The highest BCUT2D eigenvalue weighted by Gasteiger charge is 2.40. The van der Waals surface area contributed by atoms with E-state index in [1.807, 2.05) is 25.1 Å². The number of carbonyl (C=O) groups excluding carboxylic acids is 1. The first kappa shape index (κ1) is 16.3. The Balaban J connectivity index is 2.23. The minimum Gasteiger partial charge on any atom is -0.497 e. The number of aliphatic imine (C=N–C) groups is 1. The molecule has 5 nitrogen and oxygen atoms in total. The Morgan fingerprint density at radius 3 is 2.71 bits per heavy atom. The van der Waals surface area contributed by atoms with Gasteiger partial charge in [0.2, 0.25) is 0 Å². The van der Waals surface area contributed by atoms with Crippen LogP contribution in [0.2, 0.25) is 0 Å². The summed E-state index contributed by atoms with van der Waals surface area (Å²) in [4.78, 5) is 17.2. The molecule has 1 aromatic rings. The maximum atomic E-state index is 12.6. The van der Waals surface area contributed by atoms with Crippen LogP contribution >= 0.6 is 0 Å². The van der Waals surface area contributed by atoms with E-state index in [2.05, 4.69) is 11.1 Å². The third-order valence-electron chi connectivity index (χ3n) is 4.75. The molecule has 1 aliphatic heterocycles. The molecule has 124 valence electrons. The number of hydrogen-bond donors (Lipinski definition) is 0. The third-order valence-corrected chi connectivity index (χ3v) is 4.75. The van der Waals surface area contributed by atoms with Crippen molar-refractivity contribution in [2.45, 2.75) is 32.1 Å². The highest BCUT2D eigenvalue weighted by molar-refractivity contribution is 6.03. The molecule has 24 heavy (non-hydrogen) atoms. The van der Waals surface area contributed by atoms with E-state index in [-0.39, 0.29) is 11.7 Å². The van der Waals surface area contributed by atoms with E-state index >= 15 is 0 Å². The van der Waals surface area contributed by atoms with E-state index in [4.69, 9.17) is 9.47 Å². The molecule has 0 N–H and O–H groups in total. The second-order valence-corrected chi connectivity index (χ2v) is 6.08. The van der Waals surface area contributed by atoms with Crippen molar-refractivity contribution in [1.29, 1.82) is 5.26 Å². The summed E-state index contributed by atoms with van der Waals surface area (Å²) in [5, 5.41) is 9.72. The second-order valence-electron chi connectivity index (χ2n) is 6.08. The molecule has 0 spiro atoms. The molecule has 3 rings (SSSR count). The number of hydrogen-bond acceptors (Lipinski definition) is 5. The summed E-state index contributed by atoms with van der Waals surface area (Å²) in [5.41, 5.74) is 3.05. The second kappa shape index (κ2) is 6.48. The lowest BCUT2D eigenvalue weighted by Gasteiger charge is -2.33. The van der Waals surface area contributed by atoms with Crippen molar-refractivity contribution in [3.8, 4) is 17.6 Å². The molecule has 1 aromatic carbocycles. The fourth-order valence-electron chi connectivity index (χ4n) is 3.59. The Labute approximate surface area is 141 Å². The summed E-state index contributed by atoms with van der Waals surface area (Å²) in [6.07, 6.45) is 2.10. The predicted octanol–water partition coefficient (Wildman–Crippen LogP) is 3.41. The minimum atomic E-state index is -0.480. The van der Waals surface area contributed by atoms with Gasteiger partial charge in [-0.1, -0.05) is 0 Å². The highest BCUT2D eigenvalue weighted by Crippen LogP contribution is 2.46. The average molecular weight is 324 g/mol. The molecule has 2 atom stereocenters. The monoisotopic (exact) mass is 324 g/mol. The number of carbonyl (C=O) groups is 1. The standard InChI is InChI=1S/C19H20N2O3/c1-11-14(10-20)18(19-15(21-11)5-4-6-16(19)22)13-9-12(23-2)7-8-17(13)24-3/h7-9,14,18H,4-6H2,1-3H3/t14?,18-/m0/s1. The summed E-state index contributed by atoms with van der Waals surface area (Å²) in [5.74, 6) is 0.573. The van der Waals surface area contributed by atoms with Gasteiger partial charge in [-0.25, -0.2) is 0 Å². The van der Waals surface area contributed by atoms with Crippen LogP contribution in [0.25, 0.3) is 0 Å². The van der Waals surface area contributed by atoms with Gasteiger partial charge in [0.05, 0.1) is 26.2 Å². The molecule has 1 unspecified atom stereocenters. The zero-order chi connectivity index (χ0) is 17.3. The predicted molar refractivity (Wildman–Crippen MR) is 90.4 cm³/mol. The number of ketones is 1. The van der Waals surface area contributed by atoms with Crippen molar-refractivity contribution < 1.29 is 14.3 Å². The Morgan fingerprint density at radius 2 is 2.04 bits per heavy atom. The van der Waals surface area contributed by atoms with Gasteiger partial charge in [0.25, 0.3) is 0 Å². The number of rotatable bonds is 3. The molecule has 0 saturated carbocycles. The molecule has 0 amide bonds. The molecule has 1 heterocycles. The van der Waals surface area contributed by atoms with E-state index in [9.17, 15) is 10.1 Å². The van der Waals surface area contributed by atoms with Gasteiger partial charge in [0, 0.05) is 34.9 Å². The van der Waals surface area contributed by atoms with Crippen molar-refractivity contribution in [1.82, 2.24) is 0 Å². The van der Waals surface area contributed by atoms with Gasteiger partial charge in [-0.3, -0.25) is 9.79 Å². The van der Waals surface area contributed by atoms with Gasteiger partial charge in [-0.2, -0.15) is 5.26 Å². The number of nitrogens with zero attached hydrogens (tertiary/aromatic N) is 2. The van der Waals surface area contributed by atoms with Crippen molar-refractivity contribution in [2.24, 2.45) is 10.9 Å². The molecule has 2 aliphatic rings. The van der Waals surface area contributed by atoms with Gasteiger partial charge < -0.3 is 9.47 Å². The van der Waals surface area contributed by atoms with E-state index in [0.717, 1.165) is 29.8 Å². The minimum absolute atomic E-state index is 0.0858. The fraction of sp³-hybridized carbons (Fsp3) is 0.421. The summed E-state index contributed by atoms with van der Waals surface area (Å²) in [7, 11) is 3.19. The number of benzene rings is 1. The van der Waals surface area contributed by atoms with Crippen LogP contribution in [-0.4, -0.2) is 25.7 Å². The van der Waals surface area contributed by atoms with Crippen molar-refractivity contribution in [3.05, 3.63) is 35.0 Å². The lowest BCUT2D eigenvalue weighted by atomic mass is 9.72. The highest BCUT2D eigenvalue weighted by atomic mass is 16.5. The molecule has 1 aliphatic carbocycles. The molecule has 0 radical (unpaired) electrons. The van der Waals surface area contributed by atoms with Crippen molar-refractivity contribution in [2.75, 3.05) is 14.2 Å². The molecule has 0 fully saturated rings. The van der Waals surface area contributed by atoms with Gasteiger partial charge >= 0.3 is 0 Å². The van der Waals surface area contributed by atoms with Gasteiger partial charge in [-0.05, 0) is 38.0 Å². The van der Waals surface area contributed by atoms with Gasteiger partial charge in [0.15, 0.2) is 5.78 Å². The largest absolute Gasteiger partial charge is 0.497 e. The smallest absolute Gasteiger partial charge is 0.161 e. The van der Waals surface area contributed by atoms with E-state index in [0.29, 0.717) is 23.5 Å². The zero-order valence-electron chi connectivity index (χ0n) is 14.1. The Hall–Kier alpha value is -2.61. The summed E-state index contributed by atoms with van der Waals surface area (Å²) in [6, 6.07) is 7.82. The van der Waals surface area contributed by atoms with Gasteiger partial charge in [-0.15, -0.1) is 0 Å². The summed E-state index contributed by atoms with van der Waals surface area (Å²) in [6.45, 7) is 1.86. The van der Waals surface area contributed by atoms with Crippen LogP contribution in [0.15, 0.2) is 34.5 Å². The third kappa shape index (κ3) is 2.58. The normalized spacial score (nSPS) is 23.2. The molecular weight excluding hydrogens is 304 g/mol. The lowest BCUT2D eigenvalue weighted by Crippen LogP contribution is -2.30. The number of nitriles is 1. The maximum absolute atomic E-state index is 12.6. The summed E-state index contributed by atoms with van der Waals surface area (Å²) >= 11 is 0. The molecule has 0 bridgehead atoms. The van der Waals surface area contributed by atoms with Gasteiger partial charge in [0.1, 0.15) is 11.5 Å². The van der Waals surface area contributed by atoms with E-state index in [1.54, 1.807) is 14.2 Å². The van der Waals surface area contributed by atoms with Crippen LogP contribution < -0.4 is 9.47 Å².